The summed E-state index contributed by atoms with van der Waals surface area (Å²) in [5.74, 6) is -1.29. The zero-order valence-electron chi connectivity index (χ0n) is 11.2. The molecule has 1 aromatic rings. The van der Waals surface area contributed by atoms with Gasteiger partial charge in [0.15, 0.2) is 0 Å². The summed E-state index contributed by atoms with van der Waals surface area (Å²) >= 11 is 1.35. The van der Waals surface area contributed by atoms with Gasteiger partial charge >= 0.3 is 5.97 Å². The highest BCUT2D eigenvalue weighted by molar-refractivity contribution is 8.03. The van der Waals surface area contributed by atoms with Gasteiger partial charge in [-0.1, -0.05) is 0 Å². The number of hydrogen-bond acceptors (Lipinski definition) is 4. The number of thioether (sulfide) groups is 1. The first-order chi connectivity index (χ1) is 10.1. The van der Waals surface area contributed by atoms with E-state index in [0.717, 1.165) is 25.1 Å². The minimum atomic E-state index is -1.06. The van der Waals surface area contributed by atoms with E-state index in [4.69, 9.17) is 5.11 Å². The molecule has 1 fully saturated rings. The second-order valence-corrected chi connectivity index (χ2v) is 6.27. The fourth-order valence-corrected chi connectivity index (χ4v) is 4.05. The smallest absolute Gasteiger partial charge is 0.353 e. The highest BCUT2D eigenvalue weighted by Crippen LogP contribution is 2.45. The maximum absolute atomic E-state index is 12.1. The zero-order chi connectivity index (χ0) is 14.6. The number of aliphatic carboxylic acids is 1. The Labute approximate surface area is 125 Å². The van der Waals surface area contributed by atoms with Crippen molar-refractivity contribution >= 4 is 29.7 Å². The Balaban J connectivity index is 1.60. The summed E-state index contributed by atoms with van der Waals surface area (Å²) in [5.41, 5.74) is 2.69. The van der Waals surface area contributed by atoms with E-state index < -0.39 is 5.97 Å². The van der Waals surface area contributed by atoms with Crippen molar-refractivity contribution in [2.45, 2.75) is 31.2 Å². The Kier molecular flexibility index (Phi) is 2.72. The Morgan fingerprint density at radius 2 is 2.33 bits per heavy atom. The second-order valence-electron chi connectivity index (χ2n) is 5.31. The Morgan fingerprint density at radius 3 is 3.10 bits per heavy atom. The van der Waals surface area contributed by atoms with Crippen LogP contribution in [0.1, 0.15) is 24.2 Å². The largest absolute Gasteiger partial charge is 0.477 e. The number of carboxylic acid groups (broad SMARTS) is 1. The van der Waals surface area contributed by atoms with Gasteiger partial charge in [0, 0.05) is 17.6 Å². The van der Waals surface area contributed by atoms with E-state index in [-0.39, 0.29) is 17.0 Å². The molecule has 0 aromatic carbocycles. The molecule has 1 N–H and O–H groups in total. The number of carbonyl (C=O) groups is 2. The minimum absolute atomic E-state index is 0.0660. The van der Waals surface area contributed by atoms with Crippen LogP contribution >= 0.6 is 11.8 Å². The number of carboxylic acids is 1. The van der Waals surface area contributed by atoms with Crippen LogP contribution in [0.5, 0.6) is 0 Å². The molecule has 3 aliphatic rings. The molecule has 0 aliphatic carbocycles. The molecule has 7 heteroatoms. The molecular formula is C14H13N3O3S. The SMILES string of the molecule is O=C(O)C1=CS[C@@H]2C(=Cc3cc4n(n3)CCCC4)C(=O)N12. The first-order valence-corrected chi connectivity index (χ1v) is 7.80. The molecule has 0 saturated carbocycles. The lowest BCUT2D eigenvalue weighted by Crippen LogP contribution is -2.51. The van der Waals surface area contributed by atoms with Gasteiger partial charge in [0.25, 0.3) is 5.91 Å². The van der Waals surface area contributed by atoms with E-state index in [9.17, 15) is 9.59 Å². The average Bonchev–Trinajstić information content (AvgIpc) is 3.05. The molecule has 1 atom stereocenters. The molecule has 4 heterocycles. The molecule has 21 heavy (non-hydrogen) atoms. The van der Waals surface area contributed by atoms with Gasteiger partial charge in [-0.05, 0) is 31.4 Å². The number of amides is 1. The van der Waals surface area contributed by atoms with Crippen molar-refractivity contribution in [3.05, 3.63) is 34.1 Å². The monoisotopic (exact) mass is 303 g/mol. The Morgan fingerprint density at radius 1 is 1.48 bits per heavy atom. The van der Waals surface area contributed by atoms with E-state index >= 15 is 0 Å². The summed E-state index contributed by atoms with van der Waals surface area (Å²) in [7, 11) is 0. The Hall–Kier alpha value is -2.02. The van der Waals surface area contributed by atoms with Crippen LogP contribution in [0.4, 0.5) is 0 Å². The number of aryl methyl sites for hydroxylation is 2. The molecule has 6 nitrogen and oxygen atoms in total. The molecule has 1 amide bonds. The van der Waals surface area contributed by atoms with Crippen LogP contribution in [0.2, 0.25) is 0 Å². The molecular weight excluding hydrogens is 290 g/mol. The number of hydrogen-bond donors (Lipinski definition) is 1. The van der Waals surface area contributed by atoms with Crippen molar-refractivity contribution < 1.29 is 14.7 Å². The highest BCUT2D eigenvalue weighted by atomic mass is 32.2. The van der Waals surface area contributed by atoms with E-state index in [1.807, 2.05) is 10.7 Å². The van der Waals surface area contributed by atoms with Gasteiger partial charge in [0.2, 0.25) is 0 Å². The van der Waals surface area contributed by atoms with Gasteiger partial charge < -0.3 is 5.11 Å². The van der Waals surface area contributed by atoms with Crippen molar-refractivity contribution in [3.8, 4) is 0 Å². The Bertz CT molecular complexity index is 696. The van der Waals surface area contributed by atoms with Gasteiger partial charge in [0.05, 0.1) is 11.3 Å². The lowest BCUT2D eigenvalue weighted by Gasteiger charge is -2.36. The molecule has 4 rings (SSSR count). The summed E-state index contributed by atoms with van der Waals surface area (Å²) in [4.78, 5) is 24.5. The van der Waals surface area contributed by atoms with Crippen molar-refractivity contribution in [1.82, 2.24) is 14.7 Å². The van der Waals surface area contributed by atoms with Gasteiger partial charge in [-0.2, -0.15) is 5.10 Å². The van der Waals surface area contributed by atoms with Crippen LogP contribution in [0.3, 0.4) is 0 Å². The first-order valence-electron chi connectivity index (χ1n) is 6.86. The maximum atomic E-state index is 12.1. The molecule has 3 aliphatic heterocycles. The van der Waals surface area contributed by atoms with Gasteiger partial charge in [-0.25, -0.2) is 4.79 Å². The van der Waals surface area contributed by atoms with Crippen molar-refractivity contribution in [1.29, 1.82) is 0 Å². The van der Waals surface area contributed by atoms with E-state index in [2.05, 4.69) is 5.10 Å². The van der Waals surface area contributed by atoms with Gasteiger partial charge in [-0.3, -0.25) is 14.4 Å². The van der Waals surface area contributed by atoms with E-state index in [1.54, 1.807) is 6.08 Å². The summed E-state index contributed by atoms with van der Waals surface area (Å²) in [6.45, 7) is 0.932. The number of rotatable bonds is 2. The molecule has 0 unspecified atom stereocenters. The third-order valence-corrected chi connectivity index (χ3v) is 5.07. The fourth-order valence-electron chi connectivity index (χ4n) is 2.94. The molecule has 1 saturated heterocycles. The molecule has 1 aromatic heterocycles. The second kappa shape index (κ2) is 4.49. The summed E-state index contributed by atoms with van der Waals surface area (Å²) in [6, 6.07) is 2.02. The molecule has 0 spiro atoms. The summed E-state index contributed by atoms with van der Waals surface area (Å²) in [5, 5.41) is 14.9. The molecule has 108 valence electrons. The maximum Gasteiger partial charge on any atom is 0.353 e. The van der Waals surface area contributed by atoms with Gasteiger partial charge in [0.1, 0.15) is 11.1 Å². The number of nitrogens with zero attached hydrogens (tertiary/aromatic N) is 3. The van der Waals surface area contributed by atoms with Crippen LogP contribution in [-0.2, 0) is 22.6 Å². The standard InChI is InChI=1S/C14H13N3O3S/c18-12-10(13-17(12)11(7-21-13)14(19)20)6-8-5-9-3-1-2-4-16(9)15-8/h5-7,13H,1-4H2,(H,19,20)/t13-/m1/s1. The zero-order valence-corrected chi connectivity index (χ0v) is 12.0. The van der Waals surface area contributed by atoms with Crippen molar-refractivity contribution in [2.75, 3.05) is 0 Å². The van der Waals surface area contributed by atoms with E-state index in [1.165, 1.54) is 34.2 Å². The predicted molar refractivity (Wildman–Crippen MR) is 77.1 cm³/mol. The quantitative estimate of drug-likeness (QED) is 0.661. The number of β-lactam (4-membered cyclic amide) rings is 1. The minimum Gasteiger partial charge on any atom is -0.477 e. The van der Waals surface area contributed by atoms with Crippen LogP contribution in [0, 0.1) is 0 Å². The summed E-state index contributed by atoms with van der Waals surface area (Å²) < 4.78 is 2.00. The first kappa shape index (κ1) is 12.7. The fraction of sp³-hybridized carbons (Fsp3) is 0.357. The lowest BCUT2D eigenvalue weighted by molar-refractivity contribution is -0.141. The van der Waals surface area contributed by atoms with Crippen LogP contribution in [0.15, 0.2) is 22.7 Å². The summed E-state index contributed by atoms with van der Waals surface area (Å²) in [6.07, 6.45) is 5.14. The third kappa shape index (κ3) is 1.84. The topological polar surface area (TPSA) is 75.4 Å². The van der Waals surface area contributed by atoms with E-state index in [0.29, 0.717) is 5.57 Å². The van der Waals surface area contributed by atoms with Crippen LogP contribution in [0.25, 0.3) is 6.08 Å². The normalized spacial score (nSPS) is 25.4. The molecule has 0 radical (unpaired) electrons. The third-order valence-electron chi connectivity index (χ3n) is 3.99. The van der Waals surface area contributed by atoms with Gasteiger partial charge in [-0.15, -0.1) is 11.8 Å². The number of fused-ring (bicyclic) bond motifs is 2. The predicted octanol–water partition coefficient (Wildman–Crippen LogP) is 1.44. The van der Waals surface area contributed by atoms with Crippen molar-refractivity contribution in [3.63, 3.8) is 0 Å². The molecule has 0 bridgehead atoms. The highest BCUT2D eigenvalue weighted by Gasteiger charge is 2.49. The van der Waals surface area contributed by atoms with Crippen molar-refractivity contribution in [2.24, 2.45) is 0 Å². The average molecular weight is 303 g/mol. The lowest BCUT2D eigenvalue weighted by atomic mass is 10.0. The number of aromatic nitrogens is 2. The van der Waals surface area contributed by atoms with Crippen LogP contribution in [-0.4, -0.2) is 37.0 Å². The number of carbonyl (C=O) groups excluding carboxylic acids is 1. The van der Waals surface area contributed by atoms with Crippen LogP contribution < -0.4 is 0 Å².